The molecule has 100 valence electrons. The van der Waals surface area contributed by atoms with Crippen LogP contribution in [0.25, 0.3) is 0 Å². The zero-order valence-corrected chi connectivity index (χ0v) is 11.5. The molecule has 0 spiro atoms. The molecule has 0 aromatic rings. The maximum Gasteiger partial charge on any atom is 0.0784 e. The highest BCUT2D eigenvalue weighted by Crippen LogP contribution is 2.24. The van der Waals surface area contributed by atoms with E-state index in [1.165, 1.54) is 38.9 Å². The number of hydroxylamine groups is 3. The van der Waals surface area contributed by atoms with E-state index in [-0.39, 0.29) is 4.65 Å². The molecule has 2 aliphatic heterocycles. The molecule has 3 heteroatoms. The zero-order valence-electron chi connectivity index (χ0n) is 11.5. The van der Waals surface area contributed by atoms with Gasteiger partial charge in [-0.1, -0.05) is 6.92 Å². The normalized spacial score (nSPS) is 37.2. The highest BCUT2D eigenvalue weighted by atomic mass is 16.5. The number of likely N-dealkylation sites (tertiary alicyclic amines) is 2. The highest BCUT2D eigenvalue weighted by molar-refractivity contribution is 4.72. The Labute approximate surface area is 106 Å². The van der Waals surface area contributed by atoms with Crippen LogP contribution in [0.1, 0.15) is 39.0 Å². The van der Waals surface area contributed by atoms with Crippen molar-refractivity contribution in [2.24, 2.45) is 11.8 Å². The molecule has 0 bridgehead atoms. The monoisotopic (exact) mass is 240 g/mol. The molecule has 0 aliphatic carbocycles. The Morgan fingerprint density at radius 2 is 1.71 bits per heavy atom. The second kappa shape index (κ2) is 5.68. The summed E-state index contributed by atoms with van der Waals surface area (Å²) in [7, 11) is 1.82. The van der Waals surface area contributed by atoms with E-state index < -0.39 is 0 Å². The number of hydrogen-bond donors (Lipinski definition) is 0. The number of hydrogen-bond acceptors (Lipinski definition) is 2. The van der Waals surface area contributed by atoms with Gasteiger partial charge in [0.15, 0.2) is 0 Å². The van der Waals surface area contributed by atoms with Crippen LogP contribution in [-0.4, -0.2) is 49.3 Å². The van der Waals surface area contributed by atoms with E-state index in [9.17, 15) is 5.21 Å². The summed E-state index contributed by atoms with van der Waals surface area (Å²) in [5.74, 6) is 1.74. The second-order valence-corrected chi connectivity index (χ2v) is 6.50. The van der Waals surface area contributed by atoms with Crippen LogP contribution in [0.3, 0.4) is 0 Å². The first-order chi connectivity index (χ1) is 8.05. The smallest absolute Gasteiger partial charge is 0.0784 e. The Morgan fingerprint density at radius 3 is 2.29 bits per heavy atom. The molecule has 0 radical (unpaired) electrons. The first-order valence-corrected chi connectivity index (χ1v) is 7.33. The summed E-state index contributed by atoms with van der Waals surface area (Å²) in [6.07, 6.45) is 6.35. The lowest BCUT2D eigenvalue weighted by Gasteiger charge is -2.44. The molecule has 0 aromatic carbocycles. The second-order valence-electron chi connectivity index (χ2n) is 6.50. The highest BCUT2D eigenvalue weighted by Gasteiger charge is 2.24. The third kappa shape index (κ3) is 4.23. The third-order valence-corrected chi connectivity index (χ3v) is 4.75. The molecule has 0 N–H and O–H groups in total. The summed E-state index contributed by atoms with van der Waals surface area (Å²) >= 11 is 0. The van der Waals surface area contributed by atoms with Gasteiger partial charge in [-0.3, -0.25) is 0 Å². The Morgan fingerprint density at radius 1 is 1.12 bits per heavy atom. The van der Waals surface area contributed by atoms with E-state index >= 15 is 0 Å². The van der Waals surface area contributed by atoms with Gasteiger partial charge in [0.2, 0.25) is 0 Å². The number of piperidine rings is 2. The summed E-state index contributed by atoms with van der Waals surface area (Å²) in [4.78, 5) is 2.62. The summed E-state index contributed by atoms with van der Waals surface area (Å²) in [5, 5.41) is 11.7. The fourth-order valence-corrected chi connectivity index (χ4v) is 3.11. The lowest BCUT2D eigenvalue weighted by atomic mass is 9.92. The molecule has 2 fully saturated rings. The average Bonchev–Trinajstić information content (AvgIpc) is 2.30. The minimum Gasteiger partial charge on any atom is -0.633 e. The molecule has 0 unspecified atom stereocenters. The van der Waals surface area contributed by atoms with Crippen LogP contribution in [0.5, 0.6) is 0 Å². The Hall–Kier alpha value is -0.120. The Kier molecular flexibility index (Phi) is 4.45. The third-order valence-electron chi connectivity index (χ3n) is 4.75. The molecule has 0 aromatic heterocycles. The molecule has 2 aliphatic rings. The average molecular weight is 240 g/mol. The molecule has 2 heterocycles. The van der Waals surface area contributed by atoms with Crippen molar-refractivity contribution in [3.63, 3.8) is 0 Å². The van der Waals surface area contributed by atoms with Gasteiger partial charge < -0.3 is 14.8 Å². The van der Waals surface area contributed by atoms with E-state index in [0.29, 0.717) is 0 Å². The molecule has 0 amide bonds. The van der Waals surface area contributed by atoms with Gasteiger partial charge in [-0.15, -0.1) is 0 Å². The summed E-state index contributed by atoms with van der Waals surface area (Å²) < 4.78 is -0.00225. The van der Waals surface area contributed by atoms with Gasteiger partial charge in [0, 0.05) is 0 Å². The van der Waals surface area contributed by atoms with Crippen molar-refractivity contribution in [1.82, 2.24) is 4.90 Å². The predicted octanol–water partition coefficient (Wildman–Crippen LogP) is 2.46. The van der Waals surface area contributed by atoms with Crippen molar-refractivity contribution in [2.45, 2.75) is 39.0 Å². The van der Waals surface area contributed by atoms with Gasteiger partial charge in [-0.2, -0.15) is 0 Å². The summed E-state index contributed by atoms with van der Waals surface area (Å²) in [6.45, 7) is 7.89. The van der Waals surface area contributed by atoms with E-state index in [1.54, 1.807) is 0 Å². The number of quaternary nitrogens is 1. The predicted molar refractivity (Wildman–Crippen MR) is 71.5 cm³/mol. The van der Waals surface area contributed by atoms with Crippen molar-refractivity contribution in [1.29, 1.82) is 0 Å². The largest absolute Gasteiger partial charge is 0.633 e. The topological polar surface area (TPSA) is 26.3 Å². The van der Waals surface area contributed by atoms with Crippen molar-refractivity contribution >= 4 is 0 Å². The van der Waals surface area contributed by atoms with E-state index in [4.69, 9.17) is 0 Å². The number of nitrogens with zero attached hydrogens (tertiary/aromatic N) is 2. The van der Waals surface area contributed by atoms with Crippen LogP contribution in [-0.2, 0) is 0 Å². The van der Waals surface area contributed by atoms with Crippen LogP contribution in [0.15, 0.2) is 0 Å². The molecule has 2 saturated heterocycles. The zero-order chi connectivity index (χ0) is 12.3. The molecule has 17 heavy (non-hydrogen) atoms. The molecular formula is C14H28N2O. The number of rotatable bonds is 3. The Balaban J connectivity index is 1.63. The van der Waals surface area contributed by atoms with E-state index in [2.05, 4.69) is 11.8 Å². The summed E-state index contributed by atoms with van der Waals surface area (Å²) in [6, 6.07) is 0. The van der Waals surface area contributed by atoms with E-state index in [1.807, 2.05) is 7.05 Å². The van der Waals surface area contributed by atoms with Crippen molar-refractivity contribution < 1.29 is 4.65 Å². The molecule has 3 nitrogen and oxygen atoms in total. The van der Waals surface area contributed by atoms with Gasteiger partial charge in [-0.25, -0.2) is 0 Å². The first-order valence-electron chi connectivity index (χ1n) is 7.33. The van der Waals surface area contributed by atoms with E-state index in [0.717, 1.165) is 37.8 Å². The van der Waals surface area contributed by atoms with Crippen molar-refractivity contribution in [3.8, 4) is 0 Å². The minimum atomic E-state index is -0.00225. The lowest BCUT2D eigenvalue weighted by Crippen LogP contribution is -2.45. The van der Waals surface area contributed by atoms with Crippen LogP contribution >= 0.6 is 0 Å². The molecule has 0 saturated carbocycles. The lowest BCUT2D eigenvalue weighted by molar-refractivity contribution is -0.867. The van der Waals surface area contributed by atoms with Crippen molar-refractivity contribution in [3.05, 3.63) is 5.21 Å². The molecular weight excluding hydrogens is 212 g/mol. The fraction of sp³-hybridized carbons (Fsp3) is 1.00. The minimum absolute atomic E-state index is 0.00225. The van der Waals surface area contributed by atoms with Gasteiger partial charge in [0.1, 0.15) is 0 Å². The van der Waals surface area contributed by atoms with Gasteiger partial charge in [0.05, 0.1) is 20.1 Å². The summed E-state index contributed by atoms with van der Waals surface area (Å²) in [5.41, 5.74) is 0. The van der Waals surface area contributed by atoms with Crippen LogP contribution in [0.2, 0.25) is 0 Å². The van der Waals surface area contributed by atoms with Gasteiger partial charge in [0.25, 0.3) is 0 Å². The standard InChI is InChI=1S/C14H28N2O/c1-13-3-8-15(9-4-13)10-5-14-6-11-16(2,17)12-7-14/h13-14H,3-12H2,1-2H3. The van der Waals surface area contributed by atoms with Crippen LogP contribution < -0.4 is 0 Å². The Bertz CT molecular complexity index is 224. The maximum atomic E-state index is 11.7. The molecule has 0 atom stereocenters. The van der Waals surface area contributed by atoms with Crippen LogP contribution in [0, 0.1) is 17.0 Å². The SMILES string of the molecule is CC1CCN(CCC2CC[N+](C)([O-])CC2)CC1. The van der Waals surface area contributed by atoms with Crippen molar-refractivity contribution in [2.75, 3.05) is 39.8 Å². The first kappa shape index (κ1) is 13.3. The fourth-order valence-electron chi connectivity index (χ4n) is 3.11. The quantitative estimate of drug-likeness (QED) is 0.559. The van der Waals surface area contributed by atoms with Gasteiger partial charge >= 0.3 is 0 Å². The molecule has 2 rings (SSSR count). The maximum absolute atomic E-state index is 11.7. The van der Waals surface area contributed by atoms with Gasteiger partial charge in [-0.05, 0) is 63.6 Å². The van der Waals surface area contributed by atoms with Crippen LogP contribution in [0.4, 0.5) is 0 Å².